The zero-order chi connectivity index (χ0) is 24.6. The third-order valence-corrected chi connectivity index (χ3v) is 6.35. The Morgan fingerprint density at radius 2 is 1.58 bits per heavy atom. The number of carbonyl (C=O) groups is 2. The van der Waals surface area contributed by atoms with E-state index < -0.39 is 6.10 Å². The zero-order valence-corrected chi connectivity index (χ0v) is 19.6. The number of amides is 2. The fraction of sp³-hybridized carbons (Fsp3) is 0.259. The van der Waals surface area contributed by atoms with Crippen molar-refractivity contribution in [3.8, 4) is 28.7 Å². The Morgan fingerprint density at radius 3 is 2.36 bits per heavy atom. The number of hydrogen-bond donors (Lipinski definition) is 1. The van der Waals surface area contributed by atoms with Gasteiger partial charge in [-0.2, -0.15) is 0 Å². The molecule has 3 aromatic rings. The average Bonchev–Trinajstić information content (AvgIpc) is 3.53. The summed E-state index contributed by atoms with van der Waals surface area (Å²) in [5.41, 5.74) is 2.79. The number of benzene rings is 3. The summed E-state index contributed by atoms with van der Waals surface area (Å²) in [5.74, 6) is 2.80. The minimum absolute atomic E-state index is 0.0858. The molecule has 184 valence electrons. The maximum absolute atomic E-state index is 13.3. The van der Waals surface area contributed by atoms with E-state index in [2.05, 4.69) is 5.32 Å². The first-order chi connectivity index (χ1) is 17.6. The lowest BCUT2D eigenvalue weighted by Crippen LogP contribution is -2.38. The Hall–Kier alpha value is -4.40. The summed E-state index contributed by atoms with van der Waals surface area (Å²) in [6, 6.07) is 16.1. The highest BCUT2D eigenvalue weighted by Gasteiger charge is 2.30. The summed E-state index contributed by atoms with van der Waals surface area (Å²) in [4.78, 5) is 27.9. The fourth-order valence-electron chi connectivity index (χ4n) is 4.48. The lowest BCUT2D eigenvalue weighted by Gasteiger charge is -2.23. The topological polar surface area (TPSA) is 95.6 Å². The molecule has 36 heavy (non-hydrogen) atoms. The van der Waals surface area contributed by atoms with E-state index in [0.717, 1.165) is 11.1 Å². The Balaban J connectivity index is 1.24. The van der Waals surface area contributed by atoms with Crippen molar-refractivity contribution in [2.75, 3.05) is 18.9 Å². The van der Waals surface area contributed by atoms with Crippen LogP contribution in [0, 0.1) is 0 Å². The van der Waals surface area contributed by atoms with Crippen LogP contribution in [0.15, 0.2) is 54.6 Å². The fourth-order valence-corrected chi connectivity index (χ4v) is 4.48. The van der Waals surface area contributed by atoms with E-state index in [4.69, 9.17) is 23.7 Å². The van der Waals surface area contributed by atoms with Gasteiger partial charge < -0.3 is 33.9 Å². The molecule has 0 saturated carbocycles. The van der Waals surface area contributed by atoms with Gasteiger partial charge in [0.1, 0.15) is 5.75 Å². The first-order valence-electron chi connectivity index (χ1n) is 11.8. The molecule has 6 rings (SSSR count). The van der Waals surface area contributed by atoms with Gasteiger partial charge in [0, 0.05) is 29.9 Å². The van der Waals surface area contributed by atoms with Crippen LogP contribution in [0.25, 0.3) is 0 Å². The first-order valence-corrected chi connectivity index (χ1v) is 11.8. The van der Waals surface area contributed by atoms with Crippen molar-refractivity contribution >= 4 is 17.5 Å². The summed E-state index contributed by atoms with van der Waals surface area (Å²) in [5, 5.41) is 2.92. The molecular weight excluding hydrogens is 464 g/mol. The molecule has 9 heteroatoms. The van der Waals surface area contributed by atoms with Crippen molar-refractivity contribution in [2.24, 2.45) is 0 Å². The van der Waals surface area contributed by atoms with E-state index in [-0.39, 0.29) is 25.4 Å². The Bertz CT molecular complexity index is 1360. The molecule has 3 aromatic carbocycles. The monoisotopic (exact) mass is 488 g/mol. The maximum Gasteiger partial charge on any atom is 0.264 e. The van der Waals surface area contributed by atoms with Crippen molar-refractivity contribution in [2.45, 2.75) is 32.5 Å². The highest BCUT2D eigenvalue weighted by Crippen LogP contribution is 2.35. The van der Waals surface area contributed by atoms with Crippen LogP contribution in [-0.4, -0.2) is 36.4 Å². The molecule has 1 N–H and O–H groups in total. The number of anilines is 1. The Labute approximate surface area is 207 Å². The van der Waals surface area contributed by atoms with Crippen LogP contribution in [0.2, 0.25) is 0 Å². The van der Waals surface area contributed by atoms with Crippen LogP contribution in [0.5, 0.6) is 28.7 Å². The van der Waals surface area contributed by atoms with E-state index in [1.165, 1.54) is 0 Å². The number of rotatable bonds is 5. The van der Waals surface area contributed by atoms with Gasteiger partial charge in [0.2, 0.25) is 13.6 Å². The van der Waals surface area contributed by atoms with E-state index in [0.29, 0.717) is 59.5 Å². The quantitative estimate of drug-likeness (QED) is 0.578. The number of nitrogens with zero attached hydrogens (tertiary/aromatic N) is 1. The molecule has 0 spiro atoms. The van der Waals surface area contributed by atoms with Crippen LogP contribution < -0.4 is 29.0 Å². The summed E-state index contributed by atoms with van der Waals surface area (Å²) >= 11 is 0. The van der Waals surface area contributed by atoms with Gasteiger partial charge in [-0.25, -0.2) is 0 Å². The van der Waals surface area contributed by atoms with Gasteiger partial charge in [-0.05, 0) is 60.5 Å². The molecule has 3 heterocycles. The second-order valence-corrected chi connectivity index (χ2v) is 8.74. The van der Waals surface area contributed by atoms with Gasteiger partial charge in [0.25, 0.3) is 11.8 Å². The average molecular weight is 488 g/mol. The molecule has 3 aliphatic heterocycles. The maximum atomic E-state index is 13.3. The van der Waals surface area contributed by atoms with E-state index in [1.54, 1.807) is 35.2 Å². The zero-order valence-electron chi connectivity index (χ0n) is 19.6. The molecule has 3 aliphatic rings. The number of nitrogens with one attached hydrogen (secondary N) is 1. The van der Waals surface area contributed by atoms with Crippen molar-refractivity contribution in [1.82, 2.24) is 4.90 Å². The Morgan fingerprint density at radius 1 is 0.889 bits per heavy atom. The molecule has 0 fully saturated rings. The van der Waals surface area contributed by atoms with Gasteiger partial charge in [0.05, 0.1) is 0 Å². The SMILES string of the molecule is CC[C@@H]1Oc2ccc(NC(=O)c3ccc4c(c3)OCO4)cc2CN(Cc2ccc3c(c2)OCO3)C1=O. The number of ether oxygens (including phenoxy) is 5. The van der Waals surface area contributed by atoms with Gasteiger partial charge >= 0.3 is 0 Å². The number of fused-ring (bicyclic) bond motifs is 3. The smallest absolute Gasteiger partial charge is 0.264 e. The van der Waals surface area contributed by atoms with Crippen LogP contribution in [0.1, 0.15) is 34.8 Å². The van der Waals surface area contributed by atoms with Gasteiger partial charge in [-0.1, -0.05) is 13.0 Å². The van der Waals surface area contributed by atoms with Gasteiger partial charge in [0.15, 0.2) is 29.1 Å². The second-order valence-electron chi connectivity index (χ2n) is 8.74. The van der Waals surface area contributed by atoms with Crippen molar-refractivity contribution in [3.05, 3.63) is 71.3 Å². The van der Waals surface area contributed by atoms with E-state index in [9.17, 15) is 9.59 Å². The molecule has 0 aromatic heterocycles. The lowest BCUT2D eigenvalue weighted by atomic mass is 10.1. The van der Waals surface area contributed by atoms with Crippen molar-refractivity contribution < 1.29 is 33.3 Å². The van der Waals surface area contributed by atoms with Crippen LogP contribution in [0.4, 0.5) is 5.69 Å². The Kier molecular flexibility index (Phi) is 5.52. The van der Waals surface area contributed by atoms with Gasteiger partial charge in [-0.15, -0.1) is 0 Å². The predicted molar refractivity (Wildman–Crippen MR) is 128 cm³/mol. The van der Waals surface area contributed by atoms with E-state index in [1.807, 2.05) is 31.2 Å². The van der Waals surface area contributed by atoms with Crippen molar-refractivity contribution in [1.29, 1.82) is 0 Å². The standard InChI is InChI=1S/C27H24N2O7/c1-2-20-27(31)29(12-16-3-6-22-24(9-16)34-14-32-22)13-18-10-19(5-8-21(18)36-20)28-26(30)17-4-7-23-25(11-17)35-15-33-23/h3-11,20H,2,12-15H2,1H3,(H,28,30)/t20-/m0/s1. The third-order valence-electron chi connectivity index (χ3n) is 6.35. The largest absolute Gasteiger partial charge is 0.480 e. The molecular formula is C27H24N2O7. The third kappa shape index (κ3) is 4.13. The normalized spacial score (nSPS) is 17.3. The summed E-state index contributed by atoms with van der Waals surface area (Å²) in [6.07, 6.45) is -0.0484. The minimum Gasteiger partial charge on any atom is -0.480 e. The molecule has 1 atom stereocenters. The predicted octanol–water partition coefficient (Wildman–Crippen LogP) is 4.10. The molecule has 0 bridgehead atoms. The summed E-state index contributed by atoms with van der Waals surface area (Å²) in [6.45, 7) is 2.99. The first kappa shape index (κ1) is 22.1. The molecule has 0 radical (unpaired) electrons. The lowest BCUT2D eigenvalue weighted by molar-refractivity contribution is -0.139. The molecule has 0 aliphatic carbocycles. The van der Waals surface area contributed by atoms with Crippen LogP contribution in [0.3, 0.4) is 0 Å². The van der Waals surface area contributed by atoms with Crippen molar-refractivity contribution in [3.63, 3.8) is 0 Å². The molecule has 2 amide bonds. The minimum atomic E-state index is -0.589. The number of carbonyl (C=O) groups excluding carboxylic acids is 2. The van der Waals surface area contributed by atoms with Gasteiger partial charge in [-0.3, -0.25) is 9.59 Å². The number of hydrogen-bond acceptors (Lipinski definition) is 7. The summed E-state index contributed by atoms with van der Waals surface area (Å²) in [7, 11) is 0. The second kappa shape index (κ2) is 8.99. The van der Waals surface area contributed by atoms with Crippen LogP contribution >= 0.6 is 0 Å². The van der Waals surface area contributed by atoms with E-state index >= 15 is 0 Å². The molecule has 9 nitrogen and oxygen atoms in total. The van der Waals surface area contributed by atoms with Crippen LogP contribution in [-0.2, 0) is 17.9 Å². The molecule has 0 saturated heterocycles. The summed E-state index contributed by atoms with van der Waals surface area (Å²) < 4.78 is 27.6. The highest BCUT2D eigenvalue weighted by molar-refractivity contribution is 6.04. The molecule has 0 unspecified atom stereocenters. The highest BCUT2D eigenvalue weighted by atomic mass is 16.7.